The third-order valence-electron chi connectivity index (χ3n) is 4.15. The van der Waals surface area contributed by atoms with Gasteiger partial charge < -0.3 is 4.74 Å². The zero-order valence-electron chi connectivity index (χ0n) is 13.7. The fraction of sp³-hybridized carbons (Fsp3) is 0.562. The van der Waals surface area contributed by atoms with Crippen LogP contribution in [0.4, 0.5) is 5.69 Å². The molecule has 1 saturated heterocycles. The Morgan fingerprint density at radius 1 is 1.22 bits per heavy atom. The molecule has 0 amide bonds. The fourth-order valence-electron chi connectivity index (χ4n) is 3.28. The molecular formula is C16H21N2O5. The highest BCUT2D eigenvalue weighted by atomic mass is 16.6. The van der Waals surface area contributed by atoms with Crippen molar-refractivity contribution in [3.05, 3.63) is 39.9 Å². The van der Waals surface area contributed by atoms with Crippen LogP contribution in [0, 0.1) is 10.1 Å². The summed E-state index contributed by atoms with van der Waals surface area (Å²) < 4.78 is 5.48. The summed E-state index contributed by atoms with van der Waals surface area (Å²) in [5.74, 6) is -0.728. The van der Waals surface area contributed by atoms with Crippen molar-refractivity contribution in [1.82, 2.24) is 5.06 Å². The predicted octanol–water partition coefficient (Wildman–Crippen LogP) is 3.12. The van der Waals surface area contributed by atoms with Crippen LogP contribution in [0.1, 0.15) is 50.9 Å². The van der Waals surface area contributed by atoms with Gasteiger partial charge in [-0.25, -0.2) is 4.79 Å². The van der Waals surface area contributed by atoms with Gasteiger partial charge in [0.25, 0.3) is 5.69 Å². The molecule has 1 fully saturated rings. The van der Waals surface area contributed by atoms with Crippen LogP contribution in [-0.2, 0) is 9.94 Å². The maximum Gasteiger partial charge on any atom is 0.345 e. The molecule has 125 valence electrons. The molecule has 1 aromatic carbocycles. The lowest BCUT2D eigenvalue weighted by atomic mass is 9.80. The molecule has 0 aliphatic carbocycles. The van der Waals surface area contributed by atoms with E-state index >= 15 is 0 Å². The van der Waals surface area contributed by atoms with Crippen LogP contribution in [0.3, 0.4) is 0 Å². The number of para-hydroxylation sites is 1. The van der Waals surface area contributed by atoms with Gasteiger partial charge >= 0.3 is 5.97 Å². The Balaban J connectivity index is 2.20. The van der Waals surface area contributed by atoms with Crippen molar-refractivity contribution in [2.45, 2.75) is 57.7 Å². The first-order valence-electron chi connectivity index (χ1n) is 7.46. The number of piperidine rings is 1. The normalized spacial score (nSPS) is 20.9. The first kappa shape index (κ1) is 17.4. The number of hydrogen-bond acceptors (Lipinski definition) is 5. The van der Waals surface area contributed by atoms with Gasteiger partial charge in [-0.3, -0.25) is 10.1 Å². The average molecular weight is 321 g/mol. The van der Waals surface area contributed by atoms with Crippen molar-refractivity contribution >= 4 is 11.7 Å². The van der Waals surface area contributed by atoms with Crippen LogP contribution < -0.4 is 0 Å². The molecule has 1 aromatic rings. The quantitative estimate of drug-likeness (QED) is 0.484. The lowest BCUT2D eigenvalue weighted by Crippen LogP contribution is -2.60. The molecule has 1 heterocycles. The molecule has 0 bridgehead atoms. The monoisotopic (exact) mass is 321 g/mol. The van der Waals surface area contributed by atoms with E-state index in [2.05, 4.69) is 0 Å². The molecule has 0 N–H and O–H groups in total. The first-order chi connectivity index (χ1) is 10.5. The molecule has 0 atom stereocenters. The number of ether oxygens (including phenoxy) is 1. The van der Waals surface area contributed by atoms with Gasteiger partial charge in [0, 0.05) is 30.0 Å². The minimum Gasteiger partial charge on any atom is -0.458 e. The molecule has 7 heteroatoms. The van der Waals surface area contributed by atoms with Crippen molar-refractivity contribution < 1.29 is 19.7 Å². The molecule has 2 rings (SSSR count). The summed E-state index contributed by atoms with van der Waals surface area (Å²) in [5.41, 5.74) is -1.69. The summed E-state index contributed by atoms with van der Waals surface area (Å²) >= 11 is 0. The second-order valence-electron chi connectivity index (χ2n) is 7.13. The topological polar surface area (TPSA) is 92.6 Å². The number of carbonyl (C=O) groups is 1. The van der Waals surface area contributed by atoms with Crippen molar-refractivity contribution in [2.24, 2.45) is 0 Å². The highest BCUT2D eigenvalue weighted by Gasteiger charge is 2.47. The second-order valence-corrected chi connectivity index (χ2v) is 7.13. The maximum atomic E-state index is 12.3. The molecule has 7 nitrogen and oxygen atoms in total. The highest BCUT2D eigenvalue weighted by molar-refractivity contribution is 5.93. The number of nitrogens with zero attached hydrogens (tertiary/aromatic N) is 2. The zero-order valence-corrected chi connectivity index (χ0v) is 13.7. The third kappa shape index (κ3) is 3.51. The molecular weight excluding hydrogens is 300 g/mol. The average Bonchev–Trinajstić information content (AvgIpc) is 2.44. The zero-order chi connectivity index (χ0) is 17.4. The lowest BCUT2D eigenvalue weighted by Gasteiger charge is -2.49. The van der Waals surface area contributed by atoms with E-state index in [1.807, 2.05) is 0 Å². The van der Waals surface area contributed by atoms with Crippen LogP contribution in [0.15, 0.2) is 24.3 Å². The highest BCUT2D eigenvalue weighted by Crippen LogP contribution is 2.38. The summed E-state index contributed by atoms with van der Waals surface area (Å²) in [5, 5.41) is 24.4. The summed E-state index contributed by atoms with van der Waals surface area (Å²) in [6.45, 7) is 7.19. The Bertz CT molecular complexity index is 609. The van der Waals surface area contributed by atoms with Crippen molar-refractivity contribution in [2.75, 3.05) is 0 Å². The van der Waals surface area contributed by atoms with Crippen molar-refractivity contribution in [1.29, 1.82) is 0 Å². The smallest absolute Gasteiger partial charge is 0.345 e. The van der Waals surface area contributed by atoms with Crippen molar-refractivity contribution in [3.63, 3.8) is 0 Å². The Morgan fingerprint density at radius 3 is 2.26 bits per heavy atom. The molecule has 1 aliphatic heterocycles. The number of benzene rings is 1. The Labute approximate surface area is 135 Å². The van der Waals surface area contributed by atoms with Crippen LogP contribution in [0.2, 0.25) is 0 Å². The Kier molecular flexibility index (Phi) is 4.45. The van der Waals surface area contributed by atoms with E-state index in [1.165, 1.54) is 18.2 Å². The van der Waals surface area contributed by atoms with Crippen molar-refractivity contribution in [3.8, 4) is 0 Å². The molecule has 0 aromatic heterocycles. The fourth-order valence-corrected chi connectivity index (χ4v) is 3.28. The van der Waals surface area contributed by atoms with E-state index in [-0.39, 0.29) is 11.3 Å². The largest absolute Gasteiger partial charge is 0.458 e. The van der Waals surface area contributed by atoms with E-state index in [0.717, 1.165) is 5.06 Å². The summed E-state index contributed by atoms with van der Waals surface area (Å²) in [6.07, 6.45) is 0.302. The SMILES string of the molecule is CC1(C)CC(OC(=O)c2ccccc2[N+](=O)[O-])CC(C)(C)N1[O]. The molecule has 1 aliphatic rings. The minimum atomic E-state index is -0.728. The number of nitro benzene ring substituents is 1. The second kappa shape index (κ2) is 5.90. The van der Waals surface area contributed by atoms with E-state index in [1.54, 1.807) is 33.8 Å². The van der Waals surface area contributed by atoms with Crippen LogP contribution >= 0.6 is 0 Å². The van der Waals surface area contributed by atoms with E-state index in [4.69, 9.17) is 4.74 Å². The molecule has 0 spiro atoms. The lowest BCUT2D eigenvalue weighted by molar-refractivity contribution is -0.385. The summed E-state index contributed by atoms with van der Waals surface area (Å²) in [7, 11) is 0. The number of nitro groups is 1. The first-order valence-corrected chi connectivity index (χ1v) is 7.46. The van der Waals surface area contributed by atoms with Gasteiger partial charge in [-0.15, -0.1) is 10.3 Å². The summed E-state index contributed by atoms with van der Waals surface area (Å²) in [4.78, 5) is 22.7. The third-order valence-corrected chi connectivity index (χ3v) is 4.15. The van der Waals surface area contributed by atoms with Gasteiger partial charge in [-0.2, -0.15) is 0 Å². The van der Waals surface area contributed by atoms with Crippen LogP contribution in [0.25, 0.3) is 0 Å². The maximum absolute atomic E-state index is 12.3. The molecule has 0 unspecified atom stereocenters. The van der Waals surface area contributed by atoms with Gasteiger partial charge in [-0.05, 0) is 33.8 Å². The van der Waals surface area contributed by atoms with Gasteiger partial charge in [0.2, 0.25) is 0 Å². The van der Waals surface area contributed by atoms with E-state index in [0.29, 0.717) is 12.8 Å². The molecule has 0 saturated carbocycles. The summed E-state index contributed by atoms with van der Waals surface area (Å²) in [6, 6.07) is 5.69. The van der Waals surface area contributed by atoms with Gasteiger partial charge in [0.15, 0.2) is 0 Å². The van der Waals surface area contributed by atoms with Gasteiger partial charge in [0.05, 0.1) is 4.92 Å². The number of carbonyl (C=O) groups excluding carboxylic acids is 1. The number of hydroxylamine groups is 2. The van der Waals surface area contributed by atoms with Gasteiger partial charge in [-0.1, -0.05) is 12.1 Å². The molecule has 1 radical (unpaired) electrons. The Morgan fingerprint density at radius 2 is 1.74 bits per heavy atom. The van der Waals surface area contributed by atoms with Crippen LogP contribution in [0.5, 0.6) is 0 Å². The number of rotatable bonds is 3. The molecule has 23 heavy (non-hydrogen) atoms. The number of hydrogen-bond donors (Lipinski definition) is 0. The van der Waals surface area contributed by atoms with E-state index < -0.39 is 28.1 Å². The standard InChI is InChI=1S/C16H21N2O5/c1-15(2)9-11(10-16(3,4)18(15)22)23-14(19)12-7-5-6-8-13(12)17(20)21/h5-8,11H,9-10H2,1-4H3. The predicted molar refractivity (Wildman–Crippen MR) is 82.2 cm³/mol. The van der Waals surface area contributed by atoms with E-state index in [9.17, 15) is 20.1 Å². The van der Waals surface area contributed by atoms with Crippen LogP contribution in [-0.4, -0.2) is 33.1 Å². The number of esters is 1. The van der Waals surface area contributed by atoms with Gasteiger partial charge in [0.1, 0.15) is 11.7 Å². The minimum absolute atomic E-state index is 0.0716. The Hall–Kier alpha value is -1.99.